The number of aliphatic hydroxyl groups excluding tert-OH is 1. The highest BCUT2D eigenvalue weighted by Crippen LogP contribution is 2.41. The Kier molecular flexibility index (Phi) is 8.69. The third-order valence-corrected chi connectivity index (χ3v) is 5.94. The number of rotatable bonds is 8. The summed E-state index contributed by atoms with van der Waals surface area (Å²) in [5.74, 6) is -0.891. The minimum atomic E-state index is -0.855. The molecule has 6 nitrogen and oxygen atoms in total. The highest BCUT2D eigenvalue weighted by atomic mass is 16.6. The first kappa shape index (κ1) is 24.6. The van der Waals surface area contributed by atoms with E-state index in [1.165, 1.54) is 0 Å². The molecule has 0 amide bonds. The smallest absolute Gasteiger partial charge is 0.344 e. The van der Waals surface area contributed by atoms with Crippen molar-refractivity contribution in [2.75, 3.05) is 13.2 Å². The van der Waals surface area contributed by atoms with Crippen molar-refractivity contribution in [3.05, 3.63) is 11.6 Å². The Hall–Kier alpha value is -1.40. The maximum atomic E-state index is 12.7. The SMILES string of the molecule is CCC1C(O)OC(COC(=O)COC(=O)C(C)(C=C(C)C)C(C)(C)C)C1CC. The summed E-state index contributed by atoms with van der Waals surface area (Å²) in [5, 5.41) is 10.0. The Morgan fingerprint density at radius 2 is 1.61 bits per heavy atom. The zero-order chi connectivity index (χ0) is 21.7. The maximum absolute atomic E-state index is 12.7. The lowest BCUT2D eigenvalue weighted by atomic mass is 9.67. The van der Waals surface area contributed by atoms with Gasteiger partial charge in [0.15, 0.2) is 12.9 Å². The summed E-state index contributed by atoms with van der Waals surface area (Å²) in [6.45, 7) is 15.2. The molecule has 1 fully saturated rings. The number of carbonyl (C=O) groups is 2. The molecule has 0 aromatic carbocycles. The Labute approximate surface area is 169 Å². The molecule has 1 aliphatic heterocycles. The predicted molar refractivity (Wildman–Crippen MR) is 107 cm³/mol. The first-order chi connectivity index (χ1) is 12.9. The largest absolute Gasteiger partial charge is 0.460 e. The van der Waals surface area contributed by atoms with Crippen molar-refractivity contribution >= 4 is 11.9 Å². The average Bonchev–Trinajstić information content (AvgIpc) is 2.90. The first-order valence-electron chi connectivity index (χ1n) is 10.2. The van der Waals surface area contributed by atoms with Gasteiger partial charge in [-0.2, -0.15) is 0 Å². The summed E-state index contributed by atoms with van der Waals surface area (Å²) >= 11 is 0. The van der Waals surface area contributed by atoms with E-state index in [2.05, 4.69) is 0 Å². The molecule has 1 rings (SSSR count). The molecule has 0 radical (unpaired) electrons. The molecule has 0 saturated carbocycles. The quantitative estimate of drug-likeness (QED) is 0.494. The molecule has 1 aliphatic rings. The van der Waals surface area contributed by atoms with Crippen LogP contribution in [-0.4, -0.2) is 42.7 Å². The second-order valence-corrected chi connectivity index (χ2v) is 9.14. The molecular weight excluding hydrogens is 360 g/mol. The number of esters is 2. The maximum Gasteiger partial charge on any atom is 0.344 e. The van der Waals surface area contributed by atoms with Crippen LogP contribution in [0.2, 0.25) is 0 Å². The lowest BCUT2D eigenvalue weighted by Crippen LogP contribution is -2.41. The summed E-state index contributed by atoms with van der Waals surface area (Å²) in [6, 6.07) is 0. The zero-order valence-electron chi connectivity index (χ0n) is 18.7. The fourth-order valence-corrected chi connectivity index (χ4v) is 3.75. The predicted octanol–water partition coefficient (Wildman–Crippen LogP) is 3.86. The molecule has 1 N–H and O–H groups in total. The van der Waals surface area contributed by atoms with E-state index in [0.29, 0.717) is 0 Å². The van der Waals surface area contributed by atoms with Crippen molar-refractivity contribution in [1.29, 1.82) is 0 Å². The lowest BCUT2D eigenvalue weighted by molar-refractivity contribution is -0.170. The van der Waals surface area contributed by atoms with Crippen molar-refractivity contribution in [2.45, 2.75) is 80.6 Å². The van der Waals surface area contributed by atoms with Gasteiger partial charge in [0.05, 0.1) is 11.5 Å². The topological polar surface area (TPSA) is 82.1 Å². The minimum absolute atomic E-state index is 0.0445. The van der Waals surface area contributed by atoms with Gasteiger partial charge in [0, 0.05) is 5.92 Å². The van der Waals surface area contributed by atoms with E-state index in [9.17, 15) is 14.7 Å². The van der Waals surface area contributed by atoms with Crippen molar-refractivity contribution < 1.29 is 28.9 Å². The lowest BCUT2D eigenvalue weighted by Gasteiger charge is -2.37. The van der Waals surface area contributed by atoms with Gasteiger partial charge in [-0.1, -0.05) is 52.7 Å². The molecule has 0 aromatic rings. The third-order valence-electron chi connectivity index (χ3n) is 5.94. The van der Waals surface area contributed by atoms with Gasteiger partial charge in [0.2, 0.25) is 0 Å². The van der Waals surface area contributed by atoms with Crippen LogP contribution in [0.4, 0.5) is 0 Å². The molecular formula is C22H38O6. The minimum Gasteiger partial charge on any atom is -0.460 e. The van der Waals surface area contributed by atoms with Gasteiger partial charge in [-0.15, -0.1) is 0 Å². The van der Waals surface area contributed by atoms with Crippen LogP contribution in [0.3, 0.4) is 0 Å². The summed E-state index contributed by atoms with van der Waals surface area (Å²) in [6.07, 6.45) is 2.35. The Morgan fingerprint density at radius 1 is 1.04 bits per heavy atom. The first-order valence-corrected chi connectivity index (χ1v) is 10.2. The van der Waals surface area contributed by atoms with Gasteiger partial charge in [0.25, 0.3) is 0 Å². The van der Waals surface area contributed by atoms with Gasteiger partial charge < -0.3 is 19.3 Å². The molecule has 0 spiro atoms. The molecule has 5 unspecified atom stereocenters. The molecule has 0 aliphatic carbocycles. The number of hydrogen-bond donors (Lipinski definition) is 1. The van der Waals surface area contributed by atoms with Crippen LogP contribution >= 0.6 is 0 Å². The van der Waals surface area contributed by atoms with Crippen LogP contribution in [0.1, 0.15) is 68.2 Å². The highest BCUT2D eigenvalue weighted by molar-refractivity contribution is 5.82. The standard InChI is InChI=1S/C22H38O6/c1-9-15-16(10-2)19(24)28-17(15)12-26-18(23)13-27-20(25)22(8,11-14(3)4)21(5,6)7/h11,15-17,19,24H,9-10,12-13H2,1-8H3. The number of allylic oxidation sites excluding steroid dienone is 1. The zero-order valence-corrected chi connectivity index (χ0v) is 18.7. The highest BCUT2D eigenvalue weighted by Gasteiger charge is 2.44. The molecule has 0 bridgehead atoms. The van der Waals surface area contributed by atoms with Gasteiger partial charge in [-0.3, -0.25) is 4.79 Å². The number of ether oxygens (including phenoxy) is 3. The Morgan fingerprint density at radius 3 is 2.07 bits per heavy atom. The molecule has 5 atom stereocenters. The van der Waals surface area contributed by atoms with Gasteiger partial charge in [0.1, 0.15) is 6.61 Å². The summed E-state index contributed by atoms with van der Waals surface area (Å²) in [4.78, 5) is 24.8. The summed E-state index contributed by atoms with van der Waals surface area (Å²) in [7, 11) is 0. The van der Waals surface area contributed by atoms with Crippen LogP contribution in [0, 0.1) is 22.7 Å². The summed E-state index contributed by atoms with van der Waals surface area (Å²) in [5.41, 5.74) is -0.223. The van der Waals surface area contributed by atoms with Crippen LogP contribution < -0.4 is 0 Å². The number of aliphatic hydroxyl groups is 1. The molecule has 0 aromatic heterocycles. The average molecular weight is 399 g/mol. The van der Waals surface area contributed by atoms with Crippen LogP contribution in [-0.2, 0) is 23.8 Å². The molecule has 28 heavy (non-hydrogen) atoms. The van der Waals surface area contributed by atoms with Crippen molar-refractivity contribution in [3.8, 4) is 0 Å². The second kappa shape index (κ2) is 9.88. The fourth-order valence-electron chi connectivity index (χ4n) is 3.75. The van der Waals surface area contributed by atoms with E-state index in [-0.39, 0.29) is 30.0 Å². The third kappa shape index (κ3) is 5.80. The van der Waals surface area contributed by atoms with Gasteiger partial charge in [-0.05, 0) is 38.5 Å². The molecule has 1 saturated heterocycles. The summed E-state index contributed by atoms with van der Waals surface area (Å²) < 4.78 is 16.1. The van der Waals surface area contributed by atoms with E-state index in [4.69, 9.17) is 14.2 Å². The van der Waals surface area contributed by atoms with E-state index < -0.39 is 30.3 Å². The van der Waals surface area contributed by atoms with Crippen molar-refractivity contribution in [1.82, 2.24) is 0 Å². The fraction of sp³-hybridized carbons (Fsp3) is 0.818. The van der Waals surface area contributed by atoms with Gasteiger partial charge in [-0.25, -0.2) is 4.79 Å². The van der Waals surface area contributed by atoms with Crippen LogP contribution in [0.15, 0.2) is 11.6 Å². The Bertz CT molecular complexity index is 572. The van der Waals surface area contributed by atoms with E-state index in [0.717, 1.165) is 18.4 Å². The van der Waals surface area contributed by atoms with Crippen molar-refractivity contribution in [3.63, 3.8) is 0 Å². The normalized spacial score (nSPS) is 27.0. The number of hydrogen-bond acceptors (Lipinski definition) is 6. The van der Waals surface area contributed by atoms with Gasteiger partial charge >= 0.3 is 11.9 Å². The Balaban J connectivity index is 2.62. The van der Waals surface area contributed by atoms with Crippen LogP contribution in [0.5, 0.6) is 0 Å². The van der Waals surface area contributed by atoms with E-state index >= 15 is 0 Å². The van der Waals surface area contributed by atoms with Crippen LogP contribution in [0.25, 0.3) is 0 Å². The molecule has 1 heterocycles. The molecule has 6 heteroatoms. The van der Waals surface area contributed by atoms with E-state index in [1.54, 1.807) is 0 Å². The second-order valence-electron chi connectivity index (χ2n) is 9.14. The molecule has 162 valence electrons. The van der Waals surface area contributed by atoms with E-state index in [1.807, 2.05) is 61.5 Å². The monoisotopic (exact) mass is 398 g/mol. The number of carbonyl (C=O) groups excluding carboxylic acids is 2. The van der Waals surface area contributed by atoms with Crippen molar-refractivity contribution in [2.24, 2.45) is 22.7 Å².